The first-order chi connectivity index (χ1) is 12.1. The molecule has 0 aliphatic carbocycles. The molecule has 0 bridgehead atoms. The lowest BCUT2D eigenvalue weighted by molar-refractivity contribution is 0.195. The number of nitrogens with one attached hydrogen (secondary N) is 1. The molecule has 3 aromatic rings. The van der Waals surface area contributed by atoms with Gasteiger partial charge in [0.2, 0.25) is 0 Å². The van der Waals surface area contributed by atoms with Crippen molar-refractivity contribution in [2.75, 3.05) is 18.5 Å². The van der Waals surface area contributed by atoms with Gasteiger partial charge in [0, 0.05) is 18.8 Å². The molecule has 1 atom stereocenters. The molecule has 25 heavy (non-hydrogen) atoms. The fourth-order valence-corrected chi connectivity index (χ4v) is 3.31. The topological polar surface area (TPSA) is 64.9 Å². The van der Waals surface area contributed by atoms with Crippen LogP contribution in [0.4, 0.5) is 5.69 Å². The molecule has 0 spiro atoms. The van der Waals surface area contributed by atoms with Crippen LogP contribution in [-0.2, 0) is 4.74 Å². The van der Waals surface area contributed by atoms with Crippen LogP contribution in [0.15, 0.2) is 30.6 Å². The maximum Gasteiger partial charge on any atom is 0.111 e. The van der Waals surface area contributed by atoms with Gasteiger partial charge in [-0.25, -0.2) is 4.98 Å². The second kappa shape index (κ2) is 6.44. The summed E-state index contributed by atoms with van der Waals surface area (Å²) in [5, 5.41) is 8.19. The average molecular weight is 337 g/mol. The summed E-state index contributed by atoms with van der Waals surface area (Å²) in [6.45, 7) is 7.86. The van der Waals surface area contributed by atoms with Gasteiger partial charge in [-0.05, 0) is 44.9 Å². The zero-order valence-corrected chi connectivity index (χ0v) is 14.9. The first kappa shape index (κ1) is 16.0. The van der Waals surface area contributed by atoms with Gasteiger partial charge in [-0.15, -0.1) is 0 Å². The summed E-state index contributed by atoms with van der Waals surface area (Å²) in [6.07, 6.45) is 4.66. The SMILES string of the molecule is Cc1cccnc1-c1cc(N[C@@H]2CCOC2)c2c(cnn2C(C)C)n1. The molecule has 130 valence electrons. The van der Waals surface area contributed by atoms with Gasteiger partial charge in [0.25, 0.3) is 0 Å². The molecule has 1 aliphatic heterocycles. The Bertz CT molecular complexity index is 896. The molecule has 6 heteroatoms. The van der Waals surface area contributed by atoms with Crippen molar-refractivity contribution in [2.24, 2.45) is 0 Å². The first-order valence-electron chi connectivity index (χ1n) is 8.78. The average Bonchev–Trinajstić information content (AvgIpc) is 3.24. The minimum Gasteiger partial charge on any atom is -0.379 e. The lowest BCUT2D eigenvalue weighted by atomic mass is 10.1. The summed E-state index contributed by atoms with van der Waals surface area (Å²) < 4.78 is 7.54. The lowest BCUT2D eigenvalue weighted by Gasteiger charge is -2.17. The van der Waals surface area contributed by atoms with Crippen molar-refractivity contribution in [2.45, 2.75) is 39.3 Å². The summed E-state index contributed by atoms with van der Waals surface area (Å²) in [6, 6.07) is 6.68. The predicted octanol–water partition coefficient (Wildman–Crippen LogP) is 3.58. The highest BCUT2D eigenvalue weighted by atomic mass is 16.5. The van der Waals surface area contributed by atoms with E-state index in [1.807, 2.05) is 23.1 Å². The van der Waals surface area contributed by atoms with Crippen LogP contribution in [0.2, 0.25) is 0 Å². The normalized spacial score (nSPS) is 17.5. The number of fused-ring (bicyclic) bond motifs is 1. The van der Waals surface area contributed by atoms with Crippen LogP contribution in [0.25, 0.3) is 22.4 Å². The van der Waals surface area contributed by atoms with Gasteiger partial charge in [-0.3, -0.25) is 9.67 Å². The van der Waals surface area contributed by atoms with Crippen LogP contribution in [0.5, 0.6) is 0 Å². The van der Waals surface area contributed by atoms with Crippen molar-refractivity contribution in [3.8, 4) is 11.4 Å². The molecule has 0 saturated carbocycles. The summed E-state index contributed by atoms with van der Waals surface area (Å²) >= 11 is 0. The Labute approximate surface area is 147 Å². The van der Waals surface area contributed by atoms with E-state index in [9.17, 15) is 0 Å². The highest BCUT2D eigenvalue weighted by molar-refractivity contribution is 5.91. The van der Waals surface area contributed by atoms with Crippen LogP contribution in [0.1, 0.15) is 31.9 Å². The number of hydrogen-bond acceptors (Lipinski definition) is 5. The Morgan fingerprint density at radius 2 is 2.24 bits per heavy atom. The minimum absolute atomic E-state index is 0.266. The number of hydrogen-bond donors (Lipinski definition) is 1. The summed E-state index contributed by atoms with van der Waals surface area (Å²) in [5.41, 5.74) is 5.87. The zero-order chi connectivity index (χ0) is 17.4. The third kappa shape index (κ3) is 2.98. The lowest BCUT2D eigenvalue weighted by Crippen LogP contribution is -2.20. The summed E-state index contributed by atoms with van der Waals surface area (Å²) in [5.74, 6) is 0. The van der Waals surface area contributed by atoms with Gasteiger partial charge in [-0.2, -0.15) is 5.10 Å². The fourth-order valence-electron chi connectivity index (χ4n) is 3.31. The predicted molar refractivity (Wildman–Crippen MR) is 98.7 cm³/mol. The maximum atomic E-state index is 5.52. The molecule has 6 nitrogen and oxygen atoms in total. The molecule has 0 aromatic carbocycles. The maximum absolute atomic E-state index is 5.52. The Morgan fingerprint density at radius 1 is 1.36 bits per heavy atom. The summed E-state index contributed by atoms with van der Waals surface area (Å²) in [4.78, 5) is 9.36. The van der Waals surface area contributed by atoms with E-state index in [2.05, 4.69) is 48.3 Å². The fraction of sp³-hybridized carbons (Fsp3) is 0.421. The number of ether oxygens (including phenoxy) is 1. The monoisotopic (exact) mass is 337 g/mol. The first-order valence-corrected chi connectivity index (χ1v) is 8.78. The van der Waals surface area contributed by atoms with Crippen LogP contribution in [0.3, 0.4) is 0 Å². The van der Waals surface area contributed by atoms with Crippen molar-refractivity contribution >= 4 is 16.7 Å². The van der Waals surface area contributed by atoms with Crippen molar-refractivity contribution < 1.29 is 4.74 Å². The van der Waals surface area contributed by atoms with E-state index in [4.69, 9.17) is 9.72 Å². The second-order valence-corrected chi connectivity index (χ2v) is 6.85. The number of pyridine rings is 2. The van der Waals surface area contributed by atoms with Crippen LogP contribution >= 0.6 is 0 Å². The number of nitrogens with zero attached hydrogens (tertiary/aromatic N) is 4. The van der Waals surface area contributed by atoms with Crippen molar-refractivity contribution in [3.05, 3.63) is 36.2 Å². The molecular weight excluding hydrogens is 314 g/mol. The van der Waals surface area contributed by atoms with E-state index in [-0.39, 0.29) is 6.04 Å². The molecule has 0 radical (unpaired) electrons. The quantitative estimate of drug-likeness (QED) is 0.788. The van der Waals surface area contributed by atoms with Gasteiger partial charge in [0.1, 0.15) is 11.0 Å². The van der Waals surface area contributed by atoms with Crippen LogP contribution in [-0.4, -0.2) is 39.0 Å². The third-order valence-corrected chi connectivity index (χ3v) is 4.58. The van der Waals surface area contributed by atoms with Crippen molar-refractivity contribution in [1.82, 2.24) is 19.7 Å². The Hall–Kier alpha value is -2.47. The number of rotatable bonds is 4. The molecule has 0 amide bonds. The van der Waals surface area contributed by atoms with E-state index in [0.717, 1.165) is 53.3 Å². The number of aromatic nitrogens is 4. The highest BCUT2D eigenvalue weighted by Crippen LogP contribution is 2.31. The third-order valence-electron chi connectivity index (χ3n) is 4.58. The van der Waals surface area contributed by atoms with Crippen LogP contribution in [0, 0.1) is 6.92 Å². The van der Waals surface area contributed by atoms with E-state index in [0.29, 0.717) is 6.04 Å². The number of aryl methyl sites for hydroxylation is 1. The Morgan fingerprint density at radius 3 is 2.96 bits per heavy atom. The Kier molecular flexibility index (Phi) is 4.13. The minimum atomic E-state index is 0.266. The molecule has 1 aliphatic rings. The molecule has 3 aromatic heterocycles. The largest absolute Gasteiger partial charge is 0.379 e. The summed E-state index contributed by atoms with van der Waals surface area (Å²) in [7, 11) is 0. The van der Waals surface area contributed by atoms with E-state index < -0.39 is 0 Å². The molecule has 1 fully saturated rings. The second-order valence-electron chi connectivity index (χ2n) is 6.85. The standard InChI is InChI=1S/C19H23N5O/c1-12(2)24-19-16(22-14-6-8-25-11-14)9-15(23-17(19)10-21-24)18-13(3)5-4-7-20-18/h4-5,7,9-10,12,14H,6,8,11H2,1-3H3,(H,22,23)/t14-/m1/s1. The molecule has 4 rings (SSSR count). The molecule has 0 unspecified atom stereocenters. The zero-order valence-electron chi connectivity index (χ0n) is 14.9. The molecule has 1 saturated heterocycles. The van der Waals surface area contributed by atoms with Crippen molar-refractivity contribution in [1.29, 1.82) is 0 Å². The van der Waals surface area contributed by atoms with E-state index in [1.54, 1.807) is 0 Å². The highest BCUT2D eigenvalue weighted by Gasteiger charge is 2.20. The van der Waals surface area contributed by atoms with Gasteiger partial charge in [0.05, 0.1) is 35.9 Å². The van der Waals surface area contributed by atoms with Gasteiger partial charge < -0.3 is 10.1 Å². The van der Waals surface area contributed by atoms with Gasteiger partial charge >= 0.3 is 0 Å². The molecular formula is C19H23N5O. The Balaban J connectivity index is 1.87. The molecule has 4 heterocycles. The molecule has 1 N–H and O–H groups in total. The van der Waals surface area contributed by atoms with E-state index in [1.165, 1.54) is 0 Å². The smallest absolute Gasteiger partial charge is 0.111 e. The van der Waals surface area contributed by atoms with Crippen molar-refractivity contribution in [3.63, 3.8) is 0 Å². The van der Waals surface area contributed by atoms with Crippen LogP contribution < -0.4 is 5.32 Å². The van der Waals surface area contributed by atoms with Gasteiger partial charge in [0.15, 0.2) is 0 Å². The van der Waals surface area contributed by atoms with E-state index >= 15 is 0 Å². The van der Waals surface area contributed by atoms with Gasteiger partial charge in [-0.1, -0.05) is 6.07 Å². The number of anilines is 1.